The van der Waals surface area contributed by atoms with Gasteiger partial charge in [0.05, 0.1) is 11.7 Å². The molecular weight excluding hydrogens is 264 g/mol. The molecule has 5 nitrogen and oxygen atoms in total. The molecule has 1 aliphatic rings. The van der Waals surface area contributed by atoms with Gasteiger partial charge in [0.1, 0.15) is 5.69 Å². The number of ether oxygens (including phenoxy) is 1. The van der Waals surface area contributed by atoms with Crippen LogP contribution in [0.25, 0.3) is 22.2 Å². The number of nitrogens with zero attached hydrogens (tertiary/aromatic N) is 4. The first-order valence-corrected chi connectivity index (χ1v) is 7.28. The molecule has 0 saturated carbocycles. The number of aromatic nitrogens is 4. The summed E-state index contributed by atoms with van der Waals surface area (Å²) < 4.78 is 7.85. The van der Waals surface area contributed by atoms with Crippen LogP contribution in [-0.2, 0) is 4.74 Å². The van der Waals surface area contributed by atoms with Gasteiger partial charge in [0.25, 0.3) is 0 Å². The fourth-order valence-corrected chi connectivity index (χ4v) is 2.84. The molecule has 1 fully saturated rings. The maximum absolute atomic E-state index is 5.88. The van der Waals surface area contributed by atoms with Gasteiger partial charge in [0.15, 0.2) is 6.23 Å². The van der Waals surface area contributed by atoms with Gasteiger partial charge in [-0.15, -0.1) is 0 Å². The topological polar surface area (TPSA) is 52.8 Å². The van der Waals surface area contributed by atoms with Crippen molar-refractivity contribution in [3.8, 4) is 11.3 Å². The summed E-state index contributed by atoms with van der Waals surface area (Å²) in [5.74, 6) is 0. The SMILES string of the molecule is c1cncc(-c2nn(C3CCCCO3)c3cnccc23)c1. The molecule has 5 heteroatoms. The fraction of sp³-hybridized carbons (Fsp3) is 0.312. The van der Waals surface area contributed by atoms with Crippen molar-refractivity contribution in [1.82, 2.24) is 19.7 Å². The van der Waals surface area contributed by atoms with Crippen molar-refractivity contribution >= 4 is 10.9 Å². The van der Waals surface area contributed by atoms with Crippen molar-refractivity contribution in [3.05, 3.63) is 43.0 Å². The number of fused-ring (bicyclic) bond motifs is 1. The van der Waals surface area contributed by atoms with Gasteiger partial charge in [-0.2, -0.15) is 5.10 Å². The van der Waals surface area contributed by atoms with E-state index >= 15 is 0 Å². The minimum atomic E-state index is 0.0101. The standard InChI is InChI=1S/C16H16N4O/c1-2-9-21-15(5-1)20-14-11-18-8-6-13(14)16(19-20)12-4-3-7-17-10-12/h3-4,6-8,10-11,15H,1-2,5,9H2. The lowest BCUT2D eigenvalue weighted by Crippen LogP contribution is -2.19. The van der Waals surface area contributed by atoms with Crippen LogP contribution in [0, 0.1) is 0 Å². The van der Waals surface area contributed by atoms with Gasteiger partial charge in [-0.05, 0) is 37.5 Å². The third-order valence-corrected chi connectivity index (χ3v) is 3.87. The Balaban J connectivity index is 1.88. The molecule has 1 saturated heterocycles. The summed E-state index contributed by atoms with van der Waals surface area (Å²) in [6, 6.07) is 5.96. The molecule has 0 aliphatic carbocycles. The highest BCUT2D eigenvalue weighted by molar-refractivity contribution is 5.92. The molecule has 0 spiro atoms. The highest BCUT2D eigenvalue weighted by Crippen LogP contribution is 2.31. The lowest BCUT2D eigenvalue weighted by molar-refractivity contribution is -0.0365. The lowest BCUT2D eigenvalue weighted by Gasteiger charge is -2.23. The van der Waals surface area contributed by atoms with Crippen LogP contribution < -0.4 is 0 Å². The third-order valence-electron chi connectivity index (χ3n) is 3.87. The molecule has 0 N–H and O–H groups in total. The Hall–Kier alpha value is -2.27. The van der Waals surface area contributed by atoms with Gasteiger partial charge in [-0.25, -0.2) is 4.68 Å². The average molecular weight is 280 g/mol. The summed E-state index contributed by atoms with van der Waals surface area (Å²) in [6.07, 6.45) is 10.6. The maximum Gasteiger partial charge on any atom is 0.150 e. The molecule has 106 valence electrons. The molecule has 3 aromatic heterocycles. The van der Waals surface area contributed by atoms with E-state index in [1.54, 1.807) is 12.4 Å². The smallest absolute Gasteiger partial charge is 0.150 e. The second kappa shape index (κ2) is 5.26. The van der Waals surface area contributed by atoms with E-state index in [0.717, 1.165) is 41.6 Å². The largest absolute Gasteiger partial charge is 0.356 e. The van der Waals surface area contributed by atoms with Crippen molar-refractivity contribution in [2.24, 2.45) is 0 Å². The second-order valence-electron chi connectivity index (χ2n) is 5.25. The first-order valence-electron chi connectivity index (χ1n) is 7.28. The Labute approximate surface area is 122 Å². The van der Waals surface area contributed by atoms with Crippen molar-refractivity contribution < 1.29 is 4.74 Å². The van der Waals surface area contributed by atoms with E-state index in [0.29, 0.717) is 0 Å². The molecule has 3 aromatic rings. The van der Waals surface area contributed by atoms with Crippen LogP contribution in [0.15, 0.2) is 43.0 Å². The molecule has 0 bridgehead atoms. The first kappa shape index (κ1) is 12.5. The molecule has 1 aliphatic heterocycles. The molecule has 1 unspecified atom stereocenters. The molecular formula is C16H16N4O. The van der Waals surface area contributed by atoms with E-state index in [4.69, 9.17) is 9.84 Å². The third kappa shape index (κ3) is 2.19. The first-order chi connectivity index (χ1) is 10.4. The van der Waals surface area contributed by atoms with Crippen LogP contribution in [0.1, 0.15) is 25.5 Å². The quantitative estimate of drug-likeness (QED) is 0.723. The molecule has 4 heterocycles. The van der Waals surface area contributed by atoms with Gasteiger partial charge >= 0.3 is 0 Å². The molecule has 0 radical (unpaired) electrons. The van der Waals surface area contributed by atoms with E-state index in [1.807, 2.05) is 35.3 Å². The zero-order chi connectivity index (χ0) is 14.1. The van der Waals surface area contributed by atoms with E-state index in [9.17, 15) is 0 Å². The molecule has 21 heavy (non-hydrogen) atoms. The molecule has 1 atom stereocenters. The Morgan fingerprint density at radius 3 is 2.86 bits per heavy atom. The highest BCUT2D eigenvalue weighted by Gasteiger charge is 2.21. The van der Waals surface area contributed by atoms with Gasteiger partial charge in [-0.1, -0.05) is 0 Å². The van der Waals surface area contributed by atoms with Gasteiger partial charge in [-0.3, -0.25) is 9.97 Å². The van der Waals surface area contributed by atoms with E-state index in [1.165, 1.54) is 6.42 Å². The van der Waals surface area contributed by atoms with E-state index < -0.39 is 0 Å². The summed E-state index contributed by atoms with van der Waals surface area (Å²) in [6.45, 7) is 0.800. The lowest BCUT2D eigenvalue weighted by atomic mass is 10.1. The molecule has 0 amide bonds. The van der Waals surface area contributed by atoms with Crippen molar-refractivity contribution in [3.63, 3.8) is 0 Å². The Kier molecular flexibility index (Phi) is 3.12. The van der Waals surface area contributed by atoms with Crippen LogP contribution in [0.4, 0.5) is 0 Å². The minimum absolute atomic E-state index is 0.0101. The number of hydrogen-bond acceptors (Lipinski definition) is 4. The predicted molar refractivity (Wildman–Crippen MR) is 79.6 cm³/mol. The Bertz CT molecular complexity index is 747. The van der Waals surface area contributed by atoms with Crippen molar-refractivity contribution in [2.75, 3.05) is 6.61 Å². The molecule has 4 rings (SSSR count). The summed E-state index contributed by atoms with van der Waals surface area (Å²) in [5.41, 5.74) is 2.97. The predicted octanol–water partition coefficient (Wildman–Crippen LogP) is 3.19. The van der Waals surface area contributed by atoms with Crippen LogP contribution in [0.2, 0.25) is 0 Å². The van der Waals surface area contributed by atoms with Crippen LogP contribution in [0.5, 0.6) is 0 Å². The fourth-order valence-electron chi connectivity index (χ4n) is 2.84. The maximum atomic E-state index is 5.88. The summed E-state index contributed by atoms with van der Waals surface area (Å²) >= 11 is 0. The van der Waals surface area contributed by atoms with Crippen molar-refractivity contribution in [1.29, 1.82) is 0 Å². The highest BCUT2D eigenvalue weighted by atomic mass is 16.5. The molecule has 0 aromatic carbocycles. The summed E-state index contributed by atoms with van der Waals surface area (Å²) in [5, 5.41) is 5.88. The minimum Gasteiger partial charge on any atom is -0.356 e. The van der Waals surface area contributed by atoms with Gasteiger partial charge < -0.3 is 4.74 Å². The monoisotopic (exact) mass is 280 g/mol. The zero-order valence-electron chi connectivity index (χ0n) is 11.6. The normalized spacial score (nSPS) is 19.0. The van der Waals surface area contributed by atoms with Crippen molar-refractivity contribution in [2.45, 2.75) is 25.5 Å². The second-order valence-corrected chi connectivity index (χ2v) is 5.25. The Morgan fingerprint density at radius 1 is 1.10 bits per heavy atom. The van der Waals surface area contributed by atoms with Crippen LogP contribution in [-0.4, -0.2) is 26.4 Å². The van der Waals surface area contributed by atoms with Gasteiger partial charge in [0.2, 0.25) is 0 Å². The number of hydrogen-bond donors (Lipinski definition) is 0. The number of pyridine rings is 2. The number of rotatable bonds is 2. The zero-order valence-corrected chi connectivity index (χ0v) is 11.6. The summed E-state index contributed by atoms with van der Waals surface area (Å²) in [4.78, 5) is 8.44. The van der Waals surface area contributed by atoms with E-state index in [2.05, 4.69) is 9.97 Å². The van der Waals surface area contributed by atoms with E-state index in [-0.39, 0.29) is 6.23 Å². The Morgan fingerprint density at radius 2 is 2.05 bits per heavy atom. The van der Waals surface area contributed by atoms with Crippen LogP contribution >= 0.6 is 0 Å². The van der Waals surface area contributed by atoms with Crippen LogP contribution in [0.3, 0.4) is 0 Å². The average Bonchev–Trinajstić information content (AvgIpc) is 2.96. The summed E-state index contributed by atoms with van der Waals surface area (Å²) in [7, 11) is 0. The van der Waals surface area contributed by atoms with Gasteiger partial charge in [0, 0.05) is 36.1 Å².